The zero-order valence-corrected chi connectivity index (χ0v) is 17.8. The van der Waals surface area contributed by atoms with E-state index in [0.29, 0.717) is 11.4 Å². The van der Waals surface area contributed by atoms with E-state index >= 15 is 0 Å². The summed E-state index contributed by atoms with van der Waals surface area (Å²) in [5.41, 5.74) is 2.39. The van der Waals surface area contributed by atoms with E-state index in [1.165, 1.54) is 18.3 Å². The zero-order valence-electron chi connectivity index (χ0n) is 17.0. The van der Waals surface area contributed by atoms with E-state index in [-0.39, 0.29) is 10.7 Å². The molecule has 1 aromatic heterocycles. The van der Waals surface area contributed by atoms with Gasteiger partial charge in [0.25, 0.3) is 10.0 Å². The van der Waals surface area contributed by atoms with Gasteiger partial charge < -0.3 is 9.47 Å². The standard InChI is InChI=1S/C22H23N3O4S/c1-4-19-20(28-2)13-8-16(22(19)29-3)15-24-17-9-11-18(12-10-17)30(26,27)25-21-7-5-6-14-23-21/h5-15H,4H2,1-3H3,(H,23,25). The SMILES string of the molecule is CCc1c(OC)ccc(C=Nc2ccc(S(=O)(=O)Nc3ccccn3)cc2)c1OC. The van der Waals surface area contributed by atoms with Gasteiger partial charge in [-0.15, -0.1) is 0 Å². The summed E-state index contributed by atoms with van der Waals surface area (Å²) in [5, 5.41) is 0. The zero-order chi connectivity index (χ0) is 21.6. The van der Waals surface area contributed by atoms with Crippen molar-refractivity contribution in [3.05, 3.63) is 71.9 Å². The van der Waals surface area contributed by atoms with Crippen LogP contribution in [-0.2, 0) is 16.4 Å². The molecule has 0 aliphatic heterocycles. The Kier molecular flexibility index (Phi) is 6.68. The van der Waals surface area contributed by atoms with Crippen LogP contribution < -0.4 is 14.2 Å². The summed E-state index contributed by atoms with van der Waals surface area (Å²) in [6, 6.07) is 15.0. The topological polar surface area (TPSA) is 89.9 Å². The van der Waals surface area contributed by atoms with Crippen molar-refractivity contribution in [1.29, 1.82) is 0 Å². The highest BCUT2D eigenvalue weighted by Gasteiger charge is 2.15. The maximum absolute atomic E-state index is 12.5. The lowest BCUT2D eigenvalue weighted by atomic mass is 10.1. The Bertz CT molecular complexity index is 1130. The minimum atomic E-state index is -3.72. The summed E-state index contributed by atoms with van der Waals surface area (Å²) in [4.78, 5) is 8.56. The monoisotopic (exact) mass is 425 g/mol. The lowest BCUT2D eigenvalue weighted by molar-refractivity contribution is 0.386. The molecule has 0 radical (unpaired) electrons. The Morgan fingerprint density at radius 2 is 1.80 bits per heavy atom. The molecular weight excluding hydrogens is 402 g/mol. The summed E-state index contributed by atoms with van der Waals surface area (Å²) >= 11 is 0. The molecule has 0 aliphatic carbocycles. The van der Waals surface area contributed by atoms with E-state index < -0.39 is 10.0 Å². The maximum Gasteiger partial charge on any atom is 0.263 e. The van der Waals surface area contributed by atoms with Gasteiger partial charge in [0.15, 0.2) is 0 Å². The molecule has 0 spiro atoms. The molecular formula is C22H23N3O4S. The van der Waals surface area contributed by atoms with E-state index in [2.05, 4.69) is 14.7 Å². The molecule has 8 heteroatoms. The minimum absolute atomic E-state index is 0.127. The van der Waals surface area contributed by atoms with E-state index in [1.807, 2.05) is 19.1 Å². The third kappa shape index (κ3) is 4.77. The van der Waals surface area contributed by atoms with Crippen molar-refractivity contribution in [3.63, 3.8) is 0 Å². The second kappa shape index (κ2) is 9.41. The predicted octanol–water partition coefficient (Wildman–Crippen LogP) is 4.21. The number of hydrogen-bond donors (Lipinski definition) is 1. The molecule has 2 aromatic carbocycles. The fourth-order valence-corrected chi connectivity index (χ4v) is 3.98. The summed E-state index contributed by atoms with van der Waals surface area (Å²) < 4.78 is 38.4. The largest absolute Gasteiger partial charge is 0.496 e. The lowest BCUT2D eigenvalue weighted by Gasteiger charge is -2.14. The van der Waals surface area contributed by atoms with Crippen LogP contribution in [0.3, 0.4) is 0 Å². The molecule has 156 valence electrons. The third-order valence-corrected chi connectivity index (χ3v) is 5.80. The predicted molar refractivity (Wildman–Crippen MR) is 118 cm³/mol. The molecule has 0 amide bonds. The van der Waals surface area contributed by atoms with Crippen LogP contribution in [-0.4, -0.2) is 33.8 Å². The fraction of sp³-hybridized carbons (Fsp3) is 0.182. The van der Waals surface area contributed by atoms with Gasteiger partial charge in [0, 0.05) is 23.5 Å². The number of sulfonamides is 1. The fourth-order valence-electron chi connectivity index (χ4n) is 2.97. The number of pyridine rings is 1. The number of nitrogens with one attached hydrogen (secondary N) is 1. The van der Waals surface area contributed by atoms with Crippen LogP contribution in [0.5, 0.6) is 11.5 Å². The van der Waals surface area contributed by atoms with Crippen LogP contribution in [0.25, 0.3) is 0 Å². The van der Waals surface area contributed by atoms with Gasteiger partial charge in [0.2, 0.25) is 0 Å². The van der Waals surface area contributed by atoms with Gasteiger partial charge in [-0.2, -0.15) is 0 Å². The van der Waals surface area contributed by atoms with E-state index in [0.717, 1.165) is 23.3 Å². The Balaban J connectivity index is 1.81. The first-order chi connectivity index (χ1) is 14.5. The summed E-state index contributed by atoms with van der Waals surface area (Å²) in [5.74, 6) is 1.73. The molecule has 0 unspecified atom stereocenters. The van der Waals surface area contributed by atoms with Gasteiger partial charge in [-0.3, -0.25) is 9.71 Å². The smallest absolute Gasteiger partial charge is 0.263 e. The van der Waals surface area contributed by atoms with Crippen molar-refractivity contribution < 1.29 is 17.9 Å². The van der Waals surface area contributed by atoms with Crippen molar-refractivity contribution in [3.8, 4) is 11.5 Å². The highest BCUT2D eigenvalue weighted by molar-refractivity contribution is 7.92. The van der Waals surface area contributed by atoms with Gasteiger partial charge in [-0.25, -0.2) is 13.4 Å². The van der Waals surface area contributed by atoms with Crippen molar-refractivity contribution in [1.82, 2.24) is 4.98 Å². The molecule has 0 bridgehead atoms. The number of benzene rings is 2. The Morgan fingerprint density at radius 3 is 2.40 bits per heavy atom. The molecule has 7 nitrogen and oxygen atoms in total. The van der Waals surface area contributed by atoms with E-state index in [9.17, 15) is 8.42 Å². The number of methoxy groups -OCH3 is 2. The minimum Gasteiger partial charge on any atom is -0.496 e. The van der Waals surface area contributed by atoms with Crippen molar-refractivity contribution >= 4 is 27.7 Å². The number of nitrogens with zero attached hydrogens (tertiary/aromatic N) is 2. The van der Waals surface area contributed by atoms with Gasteiger partial charge in [0.05, 0.1) is 24.8 Å². The number of hydrogen-bond acceptors (Lipinski definition) is 6. The van der Waals surface area contributed by atoms with Gasteiger partial charge in [-0.1, -0.05) is 13.0 Å². The molecule has 1 heterocycles. The number of anilines is 1. The molecule has 0 aliphatic rings. The molecule has 3 aromatic rings. The van der Waals surface area contributed by atoms with Gasteiger partial charge >= 0.3 is 0 Å². The van der Waals surface area contributed by atoms with Crippen molar-refractivity contribution in [2.24, 2.45) is 4.99 Å². The quantitative estimate of drug-likeness (QED) is 0.546. The van der Waals surface area contributed by atoms with Crippen LogP contribution in [0.2, 0.25) is 0 Å². The molecule has 30 heavy (non-hydrogen) atoms. The second-order valence-electron chi connectivity index (χ2n) is 6.29. The highest BCUT2D eigenvalue weighted by atomic mass is 32.2. The molecule has 1 N–H and O–H groups in total. The Hall–Kier alpha value is -3.39. The number of aliphatic imine (C=N–C) groups is 1. The van der Waals surface area contributed by atoms with Crippen LogP contribution in [0.15, 0.2) is 70.7 Å². The second-order valence-corrected chi connectivity index (χ2v) is 7.98. The summed E-state index contributed by atoms with van der Waals surface area (Å²) in [6.07, 6.45) is 3.96. The number of rotatable bonds is 8. The molecule has 0 saturated heterocycles. The molecule has 0 fully saturated rings. The third-order valence-electron chi connectivity index (χ3n) is 4.43. The Morgan fingerprint density at radius 1 is 1.03 bits per heavy atom. The lowest BCUT2D eigenvalue weighted by Crippen LogP contribution is -2.13. The normalized spacial score (nSPS) is 11.4. The number of ether oxygens (including phenoxy) is 2. The maximum atomic E-state index is 12.5. The average Bonchev–Trinajstić information content (AvgIpc) is 2.77. The van der Waals surface area contributed by atoms with Crippen LogP contribution in [0.4, 0.5) is 11.5 Å². The molecule has 0 saturated carbocycles. The highest BCUT2D eigenvalue weighted by Crippen LogP contribution is 2.32. The molecule has 0 atom stereocenters. The van der Waals surface area contributed by atoms with Crippen LogP contribution in [0, 0.1) is 0 Å². The molecule has 3 rings (SSSR count). The first-order valence-electron chi connectivity index (χ1n) is 9.30. The average molecular weight is 426 g/mol. The first kappa shape index (κ1) is 21.3. The van der Waals surface area contributed by atoms with E-state index in [4.69, 9.17) is 9.47 Å². The first-order valence-corrected chi connectivity index (χ1v) is 10.8. The van der Waals surface area contributed by atoms with Crippen molar-refractivity contribution in [2.45, 2.75) is 18.2 Å². The van der Waals surface area contributed by atoms with Gasteiger partial charge in [0.1, 0.15) is 17.3 Å². The van der Waals surface area contributed by atoms with Crippen LogP contribution >= 0.6 is 0 Å². The Labute approximate surface area is 176 Å². The summed E-state index contributed by atoms with van der Waals surface area (Å²) in [6.45, 7) is 2.03. The summed E-state index contributed by atoms with van der Waals surface area (Å²) in [7, 11) is -0.487. The van der Waals surface area contributed by atoms with Crippen LogP contribution in [0.1, 0.15) is 18.1 Å². The van der Waals surface area contributed by atoms with Gasteiger partial charge in [-0.05, 0) is 55.0 Å². The number of aromatic nitrogens is 1. The van der Waals surface area contributed by atoms with Crippen molar-refractivity contribution in [2.75, 3.05) is 18.9 Å². The van der Waals surface area contributed by atoms with E-state index in [1.54, 1.807) is 50.8 Å².